The van der Waals surface area contributed by atoms with Crippen molar-refractivity contribution >= 4 is 11.6 Å². The summed E-state index contributed by atoms with van der Waals surface area (Å²) in [7, 11) is 0. The Bertz CT molecular complexity index is 641. The molecule has 0 amide bonds. The lowest BCUT2D eigenvalue weighted by Gasteiger charge is -2.31. The van der Waals surface area contributed by atoms with Gasteiger partial charge in [-0.05, 0) is 12.5 Å². The molecule has 0 radical (unpaired) electrons. The van der Waals surface area contributed by atoms with Crippen molar-refractivity contribution in [1.29, 1.82) is 5.26 Å². The van der Waals surface area contributed by atoms with Gasteiger partial charge >= 0.3 is 0 Å². The number of allylic oxidation sites excluding steroid dienone is 4. The fourth-order valence-electron chi connectivity index (χ4n) is 2.79. The Hall–Kier alpha value is -1.92. The molecule has 0 saturated carbocycles. The van der Waals surface area contributed by atoms with Gasteiger partial charge in [0.05, 0.1) is 6.61 Å². The Morgan fingerprint density at radius 1 is 1.26 bits per heavy atom. The normalized spacial score (nSPS) is 22.2. The maximum atomic E-state index is 10.3. The van der Waals surface area contributed by atoms with E-state index in [2.05, 4.69) is 6.07 Å². The molecule has 96 valence electrons. The summed E-state index contributed by atoms with van der Waals surface area (Å²) in [6, 6.07) is 2.17. The number of benzene rings is 1. The van der Waals surface area contributed by atoms with Crippen LogP contribution in [-0.2, 0) is 0 Å². The molecule has 1 aromatic carbocycles. The molecular weight excluding hydrogens is 262 g/mol. The summed E-state index contributed by atoms with van der Waals surface area (Å²) in [6.07, 6.45) is 8.11. The van der Waals surface area contributed by atoms with Crippen molar-refractivity contribution in [3.63, 3.8) is 0 Å². The van der Waals surface area contributed by atoms with E-state index in [4.69, 9.17) is 16.3 Å². The minimum absolute atomic E-state index is 0.0111. The molecule has 3 nitrogen and oxygen atoms in total. The summed E-state index contributed by atoms with van der Waals surface area (Å²) < 4.78 is 5.45. The summed E-state index contributed by atoms with van der Waals surface area (Å²) in [5, 5.41) is 19.9. The zero-order chi connectivity index (χ0) is 13.6. The Labute approximate surface area is 116 Å². The second-order valence-electron chi connectivity index (χ2n) is 4.56. The van der Waals surface area contributed by atoms with Gasteiger partial charge in [0.2, 0.25) is 0 Å². The van der Waals surface area contributed by atoms with Gasteiger partial charge < -0.3 is 9.84 Å². The Morgan fingerprint density at radius 2 is 1.84 bits per heavy atom. The third-order valence-corrected chi connectivity index (χ3v) is 3.92. The standard InChI is InChI=1S/C15H12ClNO2/c1-2-19-15-10(7-17)11-8-3-5-9(6-4-8)12(11)14(18)13(15)16/h3-6,8-9,18H,2H2,1H3. The van der Waals surface area contributed by atoms with Gasteiger partial charge in [-0.1, -0.05) is 35.9 Å². The van der Waals surface area contributed by atoms with Crippen molar-refractivity contribution in [3.8, 4) is 17.6 Å². The number of ether oxygens (including phenoxy) is 1. The largest absolute Gasteiger partial charge is 0.506 e. The van der Waals surface area contributed by atoms with Crippen molar-refractivity contribution in [1.82, 2.24) is 0 Å². The molecule has 0 aromatic heterocycles. The number of halogens is 1. The van der Waals surface area contributed by atoms with E-state index >= 15 is 0 Å². The number of aromatic hydroxyl groups is 1. The fourth-order valence-corrected chi connectivity index (χ4v) is 3.04. The second-order valence-corrected chi connectivity index (χ2v) is 4.94. The Kier molecular flexibility index (Phi) is 2.76. The fraction of sp³-hybridized carbons (Fsp3) is 0.267. The van der Waals surface area contributed by atoms with Crippen LogP contribution in [0.25, 0.3) is 0 Å². The molecule has 0 saturated heterocycles. The number of nitriles is 1. The highest BCUT2D eigenvalue weighted by molar-refractivity contribution is 6.34. The predicted molar refractivity (Wildman–Crippen MR) is 72.8 cm³/mol. The number of nitrogens with zero attached hydrogens (tertiary/aromatic N) is 1. The lowest BCUT2D eigenvalue weighted by atomic mass is 9.74. The van der Waals surface area contributed by atoms with Gasteiger partial charge in [0.25, 0.3) is 0 Å². The smallest absolute Gasteiger partial charge is 0.159 e. The predicted octanol–water partition coefficient (Wildman–Crippen LogP) is 3.62. The number of hydrogen-bond acceptors (Lipinski definition) is 3. The number of phenols is 1. The molecule has 4 heteroatoms. The van der Waals surface area contributed by atoms with Crippen molar-refractivity contribution in [3.05, 3.63) is 46.0 Å². The van der Waals surface area contributed by atoms with Gasteiger partial charge in [0, 0.05) is 17.4 Å². The quantitative estimate of drug-likeness (QED) is 0.837. The first kappa shape index (κ1) is 12.1. The molecule has 0 unspecified atom stereocenters. The topological polar surface area (TPSA) is 53.2 Å². The van der Waals surface area contributed by atoms with E-state index < -0.39 is 0 Å². The minimum Gasteiger partial charge on any atom is -0.506 e. The van der Waals surface area contributed by atoms with Gasteiger partial charge in [0.1, 0.15) is 22.4 Å². The number of rotatable bonds is 2. The van der Waals surface area contributed by atoms with Crippen molar-refractivity contribution < 1.29 is 9.84 Å². The molecule has 1 N–H and O–H groups in total. The van der Waals surface area contributed by atoms with Crippen LogP contribution in [0.15, 0.2) is 24.3 Å². The summed E-state index contributed by atoms with van der Waals surface area (Å²) in [4.78, 5) is 0. The van der Waals surface area contributed by atoms with E-state index in [0.29, 0.717) is 12.2 Å². The van der Waals surface area contributed by atoms with E-state index in [9.17, 15) is 10.4 Å². The summed E-state index contributed by atoms with van der Waals surface area (Å²) in [5.41, 5.74) is 1.99. The third-order valence-electron chi connectivity index (χ3n) is 3.57. The molecule has 0 heterocycles. The summed E-state index contributed by atoms with van der Waals surface area (Å²) in [6.45, 7) is 2.21. The summed E-state index contributed by atoms with van der Waals surface area (Å²) in [5.74, 6) is 0.317. The van der Waals surface area contributed by atoms with Gasteiger partial charge in [-0.2, -0.15) is 5.26 Å². The highest BCUT2D eigenvalue weighted by atomic mass is 35.5. The maximum absolute atomic E-state index is 10.3. The Morgan fingerprint density at radius 3 is 2.37 bits per heavy atom. The number of phenolic OH excluding ortho intramolecular Hbond substituents is 1. The molecule has 3 aliphatic rings. The first-order valence-corrected chi connectivity index (χ1v) is 6.54. The van der Waals surface area contributed by atoms with E-state index in [0.717, 1.165) is 11.1 Å². The average Bonchev–Trinajstić information content (AvgIpc) is 2.45. The van der Waals surface area contributed by atoms with Crippen LogP contribution in [0.4, 0.5) is 0 Å². The maximum Gasteiger partial charge on any atom is 0.159 e. The van der Waals surface area contributed by atoms with E-state index in [1.54, 1.807) is 0 Å². The molecule has 3 aliphatic carbocycles. The molecule has 0 fully saturated rings. The molecule has 1 aromatic rings. The van der Waals surface area contributed by atoms with E-state index in [-0.39, 0.29) is 28.4 Å². The minimum atomic E-state index is -0.0136. The van der Waals surface area contributed by atoms with Crippen LogP contribution in [0.3, 0.4) is 0 Å². The molecule has 0 atom stereocenters. The number of hydrogen-bond donors (Lipinski definition) is 1. The van der Waals surface area contributed by atoms with Gasteiger partial charge in [0.15, 0.2) is 5.75 Å². The lowest BCUT2D eigenvalue weighted by molar-refractivity contribution is 0.336. The zero-order valence-electron chi connectivity index (χ0n) is 10.4. The lowest BCUT2D eigenvalue weighted by Crippen LogP contribution is -2.15. The summed E-state index contributed by atoms with van der Waals surface area (Å²) >= 11 is 6.16. The van der Waals surface area contributed by atoms with Gasteiger partial charge in [-0.3, -0.25) is 0 Å². The molecular formula is C15H12ClNO2. The van der Waals surface area contributed by atoms with Crippen LogP contribution < -0.4 is 4.74 Å². The van der Waals surface area contributed by atoms with E-state index in [1.807, 2.05) is 31.2 Å². The van der Waals surface area contributed by atoms with Gasteiger partial charge in [-0.15, -0.1) is 0 Å². The van der Waals surface area contributed by atoms with E-state index in [1.165, 1.54) is 0 Å². The van der Waals surface area contributed by atoms with Crippen molar-refractivity contribution in [2.24, 2.45) is 0 Å². The first-order chi connectivity index (χ1) is 9.19. The van der Waals surface area contributed by atoms with Crippen LogP contribution in [0, 0.1) is 11.3 Å². The molecule has 2 bridgehead atoms. The molecule has 4 rings (SSSR count). The highest BCUT2D eigenvalue weighted by Crippen LogP contribution is 2.52. The first-order valence-electron chi connectivity index (χ1n) is 6.16. The van der Waals surface area contributed by atoms with Crippen LogP contribution in [0.5, 0.6) is 11.5 Å². The van der Waals surface area contributed by atoms with Gasteiger partial charge in [-0.25, -0.2) is 0 Å². The average molecular weight is 274 g/mol. The molecule has 0 spiro atoms. The third kappa shape index (κ3) is 1.57. The SMILES string of the molecule is CCOc1c(Cl)c(O)c2c(c1C#N)C1C=CC2C=C1. The second kappa shape index (κ2) is 4.32. The monoisotopic (exact) mass is 273 g/mol. The molecule has 19 heavy (non-hydrogen) atoms. The van der Waals surface area contributed by atoms with Crippen molar-refractivity contribution in [2.45, 2.75) is 18.8 Å². The van der Waals surface area contributed by atoms with Crippen LogP contribution in [0.2, 0.25) is 5.02 Å². The van der Waals surface area contributed by atoms with Crippen LogP contribution in [0.1, 0.15) is 35.4 Å². The zero-order valence-corrected chi connectivity index (χ0v) is 11.1. The Balaban J connectivity index is 2.35. The molecule has 0 aliphatic heterocycles. The van der Waals surface area contributed by atoms with Crippen LogP contribution >= 0.6 is 11.6 Å². The highest BCUT2D eigenvalue weighted by Gasteiger charge is 2.34. The van der Waals surface area contributed by atoms with Crippen molar-refractivity contribution in [2.75, 3.05) is 6.61 Å². The van der Waals surface area contributed by atoms with Crippen LogP contribution in [-0.4, -0.2) is 11.7 Å².